The van der Waals surface area contributed by atoms with E-state index < -0.39 is 24.2 Å². The Hall–Kier alpha value is -3.52. The maximum atomic E-state index is 14.1. The summed E-state index contributed by atoms with van der Waals surface area (Å²) >= 11 is 1.37. The molecule has 0 saturated heterocycles. The zero-order chi connectivity index (χ0) is 28.1. The van der Waals surface area contributed by atoms with Gasteiger partial charge in [-0.15, -0.1) is 11.3 Å². The molecule has 1 aromatic carbocycles. The summed E-state index contributed by atoms with van der Waals surface area (Å²) in [5.41, 5.74) is 2.04. The monoisotopic (exact) mass is 557 g/mol. The molecule has 1 aliphatic heterocycles. The Labute approximate surface area is 229 Å². The van der Waals surface area contributed by atoms with Crippen molar-refractivity contribution in [1.82, 2.24) is 9.78 Å². The number of nitriles is 1. The van der Waals surface area contributed by atoms with Gasteiger partial charge in [0.1, 0.15) is 22.6 Å². The first-order chi connectivity index (χ1) is 18.4. The first-order valence-electron chi connectivity index (χ1n) is 12.8. The van der Waals surface area contributed by atoms with Crippen LogP contribution < -0.4 is 15.4 Å². The Morgan fingerprint density at radius 2 is 1.97 bits per heavy atom. The van der Waals surface area contributed by atoms with E-state index in [1.54, 1.807) is 24.3 Å². The smallest absolute Gasteiger partial charge is 0.410 e. The molecule has 39 heavy (non-hydrogen) atoms. The molecule has 0 bridgehead atoms. The maximum absolute atomic E-state index is 14.1. The molecular weight excluding hydrogens is 527 g/mol. The van der Waals surface area contributed by atoms with E-state index in [2.05, 4.69) is 42.6 Å². The van der Waals surface area contributed by atoms with Gasteiger partial charge in [0, 0.05) is 17.4 Å². The highest BCUT2D eigenvalue weighted by Gasteiger charge is 2.47. The standard InChI is InChI=1S/C28H30F3N5O2S/c1-27(2,3)16-7-10-18-19(14-32)26(39-22(18)11-16)34-25(37)21-13-24-33-20(15-5-8-17(38-4)9-6-15)12-23(28(29,30)31)36(24)35-21/h5-6,8-9,13,16,20,23,33H,7,10-12H2,1-4H3,(H,34,37). The number of amides is 1. The number of ether oxygens (including phenoxy) is 1. The van der Waals surface area contributed by atoms with Crippen molar-refractivity contribution in [1.29, 1.82) is 5.26 Å². The summed E-state index contributed by atoms with van der Waals surface area (Å²) in [7, 11) is 1.52. The largest absolute Gasteiger partial charge is 0.497 e. The molecule has 1 aliphatic carbocycles. The van der Waals surface area contributed by atoms with Gasteiger partial charge < -0.3 is 15.4 Å². The highest BCUT2D eigenvalue weighted by atomic mass is 32.1. The topological polar surface area (TPSA) is 92.0 Å². The van der Waals surface area contributed by atoms with Gasteiger partial charge in [0.15, 0.2) is 11.7 Å². The summed E-state index contributed by atoms with van der Waals surface area (Å²) in [5, 5.41) is 20.2. The van der Waals surface area contributed by atoms with Crippen molar-refractivity contribution in [3.05, 3.63) is 57.6 Å². The number of fused-ring (bicyclic) bond motifs is 2. The van der Waals surface area contributed by atoms with Gasteiger partial charge in [-0.3, -0.25) is 4.79 Å². The predicted octanol–water partition coefficient (Wildman–Crippen LogP) is 6.89. The van der Waals surface area contributed by atoms with Crippen LogP contribution in [0.25, 0.3) is 0 Å². The molecule has 2 N–H and O–H groups in total. The Morgan fingerprint density at radius 1 is 1.26 bits per heavy atom. The van der Waals surface area contributed by atoms with Crippen LogP contribution in [0.4, 0.5) is 24.0 Å². The molecule has 3 aromatic rings. The maximum Gasteiger partial charge on any atom is 0.410 e. The molecule has 11 heteroatoms. The number of methoxy groups -OCH3 is 1. The number of aromatic nitrogens is 2. The summed E-state index contributed by atoms with van der Waals surface area (Å²) in [4.78, 5) is 14.3. The highest BCUT2D eigenvalue weighted by Crippen LogP contribution is 2.45. The fourth-order valence-corrected chi connectivity index (χ4v) is 6.71. The van der Waals surface area contributed by atoms with Crippen molar-refractivity contribution in [2.24, 2.45) is 11.3 Å². The third-order valence-electron chi connectivity index (χ3n) is 7.77. The molecule has 206 valence electrons. The van der Waals surface area contributed by atoms with Crippen molar-refractivity contribution >= 4 is 28.1 Å². The number of thiophene rings is 1. The van der Waals surface area contributed by atoms with Crippen molar-refractivity contribution in [3.63, 3.8) is 0 Å². The minimum Gasteiger partial charge on any atom is -0.497 e. The quantitative estimate of drug-likeness (QED) is 0.365. The van der Waals surface area contributed by atoms with E-state index in [-0.39, 0.29) is 23.3 Å². The van der Waals surface area contributed by atoms with Crippen molar-refractivity contribution in [3.8, 4) is 11.8 Å². The average molecular weight is 558 g/mol. The normalized spacial score (nSPS) is 20.8. The van der Waals surface area contributed by atoms with Crippen molar-refractivity contribution in [2.75, 3.05) is 17.7 Å². The van der Waals surface area contributed by atoms with Crippen molar-refractivity contribution in [2.45, 2.75) is 64.7 Å². The molecule has 0 saturated carbocycles. The van der Waals surface area contributed by atoms with Crippen LogP contribution in [0.1, 0.15) is 77.8 Å². The van der Waals surface area contributed by atoms with Gasteiger partial charge >= 0.3 is 6.18 Å². The second-order valence-corrected chi connectivity index (χ2v) is 12.3. The summed E-state index contributed by atoms with van der Waals surface area (Å²) in [6.45, 7) is 6.60. The number of anilines is 2. The molecule has 3 unspecified atom stereocenters. The molecular formula is C28H30F3N5O2S. The van der Waals surface area contributed by atoms with Gasteiger partial charge in [0.25, 0.3) is 5.91 Å². The highest BCUT2D eigenvalue weighted by molar-refractivity contribution is 7.16. The van der Waals surface area contributed by atoms with Crippen LogP contribution in [0.3, 0.4) is 0 Å². The van der Waals surface area contributed by atoms with Gasteiger partial charge in [0.05, 0.1) is 18.7 Å². The van der Waals surface area contributed by atoms with Crippen LogP contribution in [0.5, 0.6) is 5.75 Å². The average Bonchev–Trinajstić information content (AvgIpc) is 3.47. The minimum atomic E-state index is -4.56. The number of hydrogen-bond acceptors (Lipinski definition) is 6. The van der Waals surface area contributed by atoms with Crippen LogP contribution in [-0.4, -0.2) is 29.0 Å². The zero-order valence-corrected chi connectivity index (χ0v) is 23.0. The zero-order valence-electron chi connectivity index (χ0n) is 22.1. The molecule has 0 radical (unpaired) electrons. The molecule has 2 aromatic heterocycles. The van der Waals surface area contributed by atoms with E-state index in [9.17, 15) is 23.2 Å². The van der Waals surface area contributed by atoms with E-state index in [0.29, 0.717) is 27.8 Å². The van der Waals surface area contributed by atoms with Gasteiger partial charge in [-0.25, -0.2) is 4.68 Å². The number of carbonyl (C=O) groups is 1. The lowest BCUT2D eigenvalue weighted by Gasteiger charge is -2.33. The third kappa shape index (κ3) is 5.22. The second kappa shape index (κ2) is 9.90. The molecule has 2 aliphatic rings. The summed E-state index contributed by atoms with van der Waals surface area (Å²) < 4.78 is 48.3. The predicted molar refractivity (Wildman–Crippen MR) is 143 cm³/mol. The number of alkyl halides is 3. The number of benzene rings is 1. The van der Waals surface area contributed by atoms with Gasteiger partial charge in [-0.1, -0.05) is 32.9 Å². The number of hydrogen-bond donors (Lipinski definition) is 2. The Bertz CT molecular complexity index is 1430. The SMILES string of the molecule is COc1ccc(C2CC(C(F)(F)F)n3nc(C(=O)Nc4sc5c(c4C#N)CCC(C(C)(C)C)C5)cc3N2)cc1. The van der Waals surface area contributed by atoms with E-state index >= 15 is 0 Å². The molecule has 5 rings (SSSR count). The first-order valence-corrected chi connectivity index (χ1v) is 13.6. The lowest BCUT2D eigenvalue weighted by Crippen LogP contribution is -2.35. The molecule has 7 nitrogen and oxygen atoms in total. The van der Waals surface area contributed by atoms with Crippen LogP contribution >= 0.6 is 11.3 Å². The molecule has 3 heterocycles. The Balaban J connectivity index is 1.41. The molecule has 3 atom stereocenters. The van der Waals surface area contributed by atoms with Crippen LogP contribution in [0, 0.1) is 22.7 Å². The van der Waals surface area contributed by atoms with Crippen molar-refractivity contribution < 1.29 is 22.7 Å². The second-order valence-electron chi connectivity index (χ2n) is 11.2. The van der Waals surface area contributed by atoms with Crippen LogP contribution in [-0.2, 0) is 12.8 Å². The van der Waals surface area contributed by atoms with E-state index in [4.69, 9.17) is 4.74 Å². The lowest BCUT2D eigenvalue weighted by atomic mass is 9.72. The van der Waals surface area contributed by atoms with Crippen LogP contribution in [0.2, 0.25) is 0 Å². The number of nitrogens with one attached hydrogen (secondary N) is 2. The van der Waals surface area contributed by atoms with E-state index in [0.717, 1.165) is 34.4 Å². The number of nitrogens with zero attached hydrogens (tertiary/aromatic N) is 3. The number of rotatable bonds is 4. The van der Waals surface area contributed by atoms with Gasteiger partial charge in [-0.2, -0.15) is 23.5 Å². The molecule has 0 fully saturated rings. The Kier molecular flexibility index (Phi) is 6.87. The van der Waals surface area contributed by atoms with Gasteiger partial charge in [-0.05, 0) is 53.9 Å². The fourth-order valence-electron chi connectivity index (χ4n) is 5.44. The fraction of sp³-hybridized carbons (Fsp3) is 0.464. The molecule has 1 amide bonds. The number of halogens is 3. The minimum absolute atomic E-state index is 0.105. The Morgan fingerprint density at radius 3 is 2.59 bits per heavy atom. The van der Waals surface area contributed by atoms with Gasteiger partial charge in [0.2, 0.25) is 0 Å². The van der Waals surface area contributed by atoms with E-state index in [1.807, 2.05) is 0 Å². The lowest BCUT2D eigenvalue weighted by molar-refractivity contribution is -0.173. The first kappa shape index (κ1) is 27.1. The van der Waals surface area contributed by atoms with Crippen LogP contribution in [0.15, 0.2) is 30.3 Å². The molecule has 0 spiro atoms. The third-order valence-corrected chi connectivity index (χ3v) is 8.94. The van der Waals surface area contributed by atoms with E-state index in [1.165, 1.54) is 24.5 Å². The number of carbonyl (C=O) groups excluding carboxylic acids is 1. The summed E-state index contributed by atoms with van der Waals surface area (Å²) in [6, 6.07) is 7.85. The summed E-state index contributed by atoms with van der Waals surface area (Å²) in [6.07, 6.45) is -2.29. The summed E-state index contributed by atoms with van der Waals surface area (Å²) in [5.74, 6) is 0.520.